The van der Waals surface area contributed by atoms with Gasteiger partial charge in [-0.3, -0.25) is 4.52 Å². The Balaban J connectivity index is 1.59. The van der Waals surface area contributed by atoms with Crippen LogP contribution in [0.2, 0.25) is 0 Å². The highest BCUT2D eigenvalue weighted by Gasteiger charge is 2.61. The van der Waals surface area contributed by atoms with Gasteiger partial charge in [-0.1, -0.05) is 34.1 Å². The number of hydrogen-bond acceptors (Lipinski definition) is 5. The molecule has 2 saturated carbocycles. The third-order valence-corrected chi connectivity index (χ3v) is 10.1. The Morgan fingerprint density at radius 1 is 1.15 bits per heavy atom. The number of rotatable bonds is 5. The Bertz CT molecular complexity index is 1030. The maximum atomic E-state index is 12.6. The largest absolute Gasteiger partial charge is 0.469 e. The van der Waals surface area contributed by atoms with E-state index in [1.54, 1.807) is 0 Å². The second kappa shape index (κ2) is 8.41. The Morgan fingerprint density at radius 3 is 2.47 bits per heavy atom. The van der Waals surface area contributed by atoms with Gasteiger partial charge < -0.3 is 20.3 Å². The summed E-state index contributed by atoms with van der Waals surface area (Å²) in [6, 6.07) is 2.55. The van der Waals surface area contributed by atoms with Gasteiger partial charge in [-0.2, -0.15) is 0 Å². The zero-order valence-electron chi connectivity index (χ0n) is 21.3. The van der Waals surface area contributed by atoms with Crippen LogP contribution in [-0.2, 0) is 25.7 Å². The number of carbonyl (C=O) groups excluding carboxylic acids is 1. The number of esters is 1. The summed E-state index contributed by atoms with van der Waals surface area (Å²) in [7, 11) is -4.76. The van der Waals surface area contributed by atoms with E-state index in [0.29, 0.717) is 23.0 Å². The van der Waals surface area contributed by atoms with Crippen molar-refractivity contribution in [3.05, 3.63) is 28.8 Å². The zero-order valence-corrected chi connectivity index (χ0v) is 22.2. The lowest BCUT2D eigenvalue weighted by Crippen LogP contribution is -2.55. The van der Waals surface area contributed by atoms with Gasteiger partial charge in [-0.15, -0.1) is 0 Å². The van der Waals surface area contributed by atoms with E-state index < -0.39 is 25.9 Å². The third-order valence-electron chi connectivity index (χ3n) is 9.48. The second-order valence-electron chi connectivity index (χ2n) is 12.1. The van der Waals surface area contributed by atoms with Gasteiger partial charge in [0.05, 0.1) is 6.10 Å². The minimum absolute atomic E-state index is 0.114. The molecule has 4 unspecified atom stereocenters. The molecule has 3 aliphatic carbocycles. The van der Waals surface area contributed by atoms with Crippen LogP contribution >= 0.6 is 7.82 Å². The number of phosphoric ester groups is 1. The Hall–Kier alpha value is -1.24. The molecule has 34 heavy (non-hydrogen) atoms. The summed E-state index contributed by atoms with van der Waals surface area (Å²) in [4.78, 5) is 30.6. The van der Waals surface area contributed by atoms with Crippen molar-refractivity contribution < 1.29 is 28.4 Å². The molecule has 0 spiro atoms. The molecule has 7 nitrogen and oxygen atoms in total. The van der Waals surface area contributed by atoms with Crippen molar-refractivity contribution in [1.29, 1.82) is 0 Å². The summed E-state index contributed by atoms with van der Waals surface area (Å²) in [6.07, 6.45) is 6.06. The average Bonchev–Trinajstić information content (AvgIpc) is 2.99. The summed E-state index contributed by atoms with van der Waals surface area (Å²) in [5, 5.41) is 0. The van der Waals surface area contributed by atoms with E-state index >= 15 is 0 Å². The lowest BCUT2D eigenvalue weighted by molar-refractivity contribution is -0.137. The van der Waals surface area contributed by atoms with Gasteiger partial charge in [0.2, 0.25) is 0 Å². The van der Waals surface area contributed by atoms with E-state index in [4.69, 9.17) is 20.3 Å². The van der Waals surface area contributed by atoms with E-state index in [-0.39, 0.29) is 10.8 Å². The number of aryl methyl sites for hydroxylation is 1. The highest BCUT2D eigenvalue weighted by molar-refractivity contribution is 7.46. The maximum Gasteiger partial charge on any atom is 0.469 e. The predicted molar refractivity (Wildman–Crippen MR) is 130 cm³/mol. The lowest BCUT2D eigenvalue weighted by Gasteiger charge is -2.61. The lowest BCUT2D eigenvalue weighted by atomic mass is 9.43. The molecule has 0 amide bonds. The van der Waals surface area contributed by atoms with E-state index in [0.717, 1.165) is 12.0 Å². The molecule has 0 bridgehead atoms. The number of carbonyl (C=O) groups is 1. The first kappa shape index (κ1) is 25.8. The first-order valence-electron chi connectivity index (χ1n) is 12.4. The molecule has 190 valence electrons. The molecule has 4 N–H and O–H groups in total. The van der Waals surface area contributed by atoms with Crippen molar-refractivity contribution in [1.82, 2.24) is 0 Å². The summed E-state index contributed by atoms with van der Waals surface area (Å²) in [6.45, 7) is 13.3. The molecule has 6 atom stereocenters. The molecular formula is C26H40NO6P. The maximum absolute atomic E-state index is 12.6. The van der Waals surface area contributed by atoms with Crippen molar-refractivity contribution >= 4 is 13.8 Å². The van der Waals surface area contributed by atoms with Crippen molar-refractivity contribution in [3.63, 3.8) is 0 Å². The first-order chi connectivity index (χ1) is 15.6. The number of benzene rings is 1. The van der Waals surface area contributed by atoms with Crippen LogP contribution in [0.25, 0.3) is 0 Å². The number of fused-ring (bicyclic) bond motifs is 5. The van der Waals surface area contributed by atoms with Crippen LogP contribution in [0.15, 0.2) is 12.1 Å². The van der Waals surface area contributed by atoms with Crippen LogP contribution in [0.3, 0.4) is 0 Å². The van der Waals surface area contributed by atoms with Gasteiger partial charge in [0, 0.05) is 0 Å². The Kier molecular flexibility index (Phi) is 6.40. The zero-order chi connectivity index (χ0) is 25.3. The minimum Gasteiger partial charge on any atom is -0.425 e. The fraction of sp³-hybridized carbons (Fsp3) is 0.731. The fourth-order valence-electron chi connectivity index (χ4n) is 8.15. The molecular weight excluding hydrogens is 453 g/mol. The summed E-state index contributed by atoms with van der Waals surface area (Å²) < 4.78 is 21.2. The fourth-order valence-corrected chi connectivity index (χ4v) is 8.71. The summed E-state index contributed by atoms with van der Waals surface area (Å²) in [5.41, 5.74) is 10.4. The van der Waals surface area contributed by atoms with Crippen LogP contribution in [0.5, 0.6) is 5.75 Å². The van der Waals surface area contributed by atoms with Gasteiger partial charge >= 0.3 is 13.8 Å². The van der Waals surface area contributed by atoms with Crippen LogP contribution in [0, 0.1) is 29.6 Å². The monoisotopic (exact) mass is 493 g/mol. The van der Waals surface area contributed by atoms with Crippen LogP contribution in [0.4, 0.5) is 0 Å². The number of phosphoric acid groups is 1. The van der Waals surface area contributed by atoms with E-state index in [2.05, 4.69) is 39.1 Å². The van der Waals surface area contributed by atoms with Gasteiger partial charge in [0.1, 0.15) is 11.8 Å². The molecule has 0 heterocycles. The topological polar surface area (TPSA) is 119 Å². The molecule has 0 aliphatic heterocycles. The number of nitrogens with two attached hydrogens (primary N) is 1. The quantitative estimate of drug-likeness (QED) is 0.307. The van der Waals surface area contributed by atoms with Crippen LogP contribution < -0.4 is 10.5 Å². The van der Waals surface area contributed by atoms with E-state index in [1.165, 1.54) is 50.2 Å². The molecule has 2 fully saturated rings. The average molecular weight is 494 g/mol. The first-order valence-corrected chi connectivity index (χ1v) is 14.0. The highest BCUT2D eigenvalue weighted by atomic mass is 31.2. The van der Waals surface area contributed by atoms with Crippen molar-refractivity contribution in [2.24, 2.45) is 28.4 Å². The van der Waals surface area contributed by atoms with Gasteiger partial charge in [0.15, 0.2) is 0 Å². The van der Waals surface area contributed by atoms with Crippen LogP contribution in [-0.4, -0.2) is 27.9 Å². The van der Waals surface area contributed by atoms with E-state index in [9.17, 15) is 9.36 Å². The molecule has 8 heteroatoms. The Morgan fingerprint density at radius 2 is 1.82 bits per heavy atom. The highest BCUT2D eigenvalue weighted by Crippen LogP contribution is 2.68. The molecule has 0 aromatic heterocycles. The SMILES string of the molecule is Cc1cc(OC(=O)C(N)C(C)OP(=O)(O)O)cc2c1C1(C)CCC3C(C)(C)CCC[C@]3(C)[C@H]1C2. The minimum atomic E-state index is -4.76. The predicted octanol–water partition coefficient (Wildman–Crippen LogP) is 4.78. The van der Waals surface area contributed by atoms with E-state index in [1.807, 2.05) is 12.1 Å². The van der Waals surface area contributed by atoms with Crippen molar-refractivity contribution in [2.45, 2.75) is 97.6 Å². The normalized spacial score (nSPS) is 33.9. The summed E-state index contributed by atoms with van der Waals surface area (Å²) >= 11 is 0. The van der Waals surface area contributed by atoms with Gasteiger partial charge in [0.25, 0.3) is 0 Å². The summed E-state index contributed by atoms with van der Waals surface area (Å²) in [5.74, 6) is 0.917. The van der Waals surface area contributed by atoms with Crippen molar-refractivity contribution in [2.75, 3.05) is 0 Å². The third kappa shape index (κ3) is 4.28. The molecule has 4 rings (SSSR count). The molecule has 3 aliphatic rings. The second-order valence-corrected chi connectivity index (χ2v) is 13.3. The molecule has 0 saturated heterocycles. The smallest absolute Gasteiger partial charge is 0.425 e. The standard InChI is InChI=1S/C26H40NO6P/c1-15-12-18(32-23(28)22(27)16(2)33-34(29,30)31)13-17-14-20-25(5)10-7-9-24(3,4)19(25)8-11-26(20,6)21(15)17/h12-13,16,19-20,22H,7-11,14,27H2,1-6H3,(H2,29,30,31)/t16?,19?,20-,22?,25+,26?/m1/s1. The van der Waals surface area contributed by atoms with Crippen molar-refractivity contribution in [3.8, 4) is 5.75 Å². The van der Waals surface area contributed by atoms with Gasteiger partial charge in [-0.25, -0.2) is 9.36 Å². The number of hydrogen-bond donors (Lipinski definition) is 3. The molecule has 1 aromatic carbocycles. The Labute approximate surface area is 203 Å². The molecule has 0 radical (unpaired) electrons. The number of ether oxygens (including phenoxy) is 1. The molecule has 1 aromatic rings. The van der Waals surface area contributed by atoms with Gasteiger partial charge in [-0.05, 0) is 103 Å². The van der Waals surface area contributed by atoms with Crippen LogP contribution in [0.1, 0.15) is 83.4 Å².